The highest BCUT2D eigenvalue weighted by atomic mass is 32.1. The summed E-state index contributed by atoms with van der Waals surface area (Å²) in [4.78, 5) is 26.5. The zero-order valence-electron chi connectivity index (χ0n) is 21.6. The number of methoxy groups -OCH3 is 1. The molecule has 35 heavy (non-hydrogen) atoms. The van der Waals surface area contributed by atoms with Gasteiger partial charge >= 0.3 is 12.1 Å². The van der Waals surface area contributed by atoms with Gasteiger partial charge in [0.2, 0.25) is 5.13 Å². The fraction of sp³-hybridized carbons (Fsp3) is 0.600. The fourth-order valence-corrected chi connectivity index (χ4v) is 4.73. The Labute approximate surface area is 211 Å². The number of anilines is 1. The Morgan fingerprint density at radius 3 is 2.49 bits per heavy atom. The van der Waals surface area contributed by atoms with E-state index in [9.17, 15) is 9.59 Å². The second kappa shape index (κ2) is 11.2. The van der Waals surface area contributed by atoms with Gasteiger partial charge in [0.05, 0.1) is 13.7 Å². The predicted molar refractivity (Wildman–Crippen MR) is 136 cm³/mol. The first-order valence-corrected chi connectivity index (χ1v) is 12.8. The van der Waals surface area contributed by atoms with E-state index in [2.05, 4.69) is 22.4 Å². The Morgan fingerprint density at radius 1 is 1.20 bits per heavy atom. The molecular formula is C25H36N4O5S. The van der Waals surface area contributed by atoms with Gasteiger partial charge in [-0.05, 0) is 64.3 Å². The molecule has 0 aliphatic carbocycles. The van der Waals surface area contributed by atoms with E-state index >= 15 is 0 Å². The maximum atomic E-state index is 12.7. The summed E-state index contributed by atoms with van der Waals surface area (Å²) in [5.41, 5.74) is 2.19. The Kier molecular flexibility index (Phi) is 8.58. The summed E-state index contributed by atoms with van der Waals surface area (Å²) in [6, 6.07) is 3.30. The lowest BCUT2D eigenvalue weighted by molar-refractivity contribution is -0.145. The van der Waals surface area contributed by atoms with Crippen molar-refractivity contribution in [2.75, 3.05) is 25.5 Å². The first-order chi connectivity index (χ1) is 16.5. The average Bonchev–Trinajstić information content (AvgIpc) is 3.42. The first-order valence-electron chi connectivity index (χ1n) is 12.0. The summed E-state index contributed by atoms with van der Waals surface area (Å²) < 4.78 is 16.8. The highest BCUT2D eigenvalue weighted by molar-refractivity contribution is 7.18. The van der Waals surface area contributed by atoms with Crippen LogP contribution < -0.4 is 10.1 Å². The van der Waals surface area contributed by atoms with E-state index in [1.165, 1.54) is 23.3 Å². The average molecular weight is 505 g/mol. The van der Waals surface area contributed by atoms with Gasteiger partial charge in [-0.2, -0.15) is 0 Å². The van der Waals surface area contributed by atoms with Gasteiger partial charge in [0.15, 0.2) is 0 Å². The van der Waals surface area contributed by atoms with Gasteiger partial charge in [-0.1, -0.05) is 24.7 Å². The van der Waals surface area contributed by atoms with Crippen LogP contribution >= 0.6 is 11.3 Å². The zero-order valence-corrected chi connectivity index (χ0v) is 22.5. The summed E-state index contributed by atoms with van der Waals surface area (Å²) in [6.45, 7) is 12.6. The number of aromatic nitrogens is 2. The minimum absolute atomic E-state index is 0.235. The van der Waals surface area contributed by atoms with Crippen LogP contribution in [0.15, 0.2) is 12.1 Å². The second-order valence-corrected chi connectivity index (χ2v) is 10.8. The number of unbranched alkanes of at least 4 members (excludes halogenated alkanes) is 1. The molecule has 1 aliphatic rings. The lowest BCUT2D eigenvalue weighted by atomic mass is 10.1. The molecule has 1 aromatic carbocycles. The standard InChI is InChI=1S/C25H36N4O5S/c1-8-9-10-26-23-28-27-21(35-23)17-11-15(2)20(16(3)12-17)33-18-13-19(22(30)32-7)29(14-18)24(31)34-25(4,5)6/h11-12,18-19H,8-10,13-14H2,1-7H3,(H,26,28)/t18-,19-/m0/s1. The molecule has 1 fully saturated rings. The number of carbonyl (C=O) groups excluding carboxylic acids is 2. The molecule has 1 aromatic heterocycles. The molecule has 2 atom stereocenters. The maximum Gasteiger partial charge on any atom is 0.411 e. The molecule has 192 valence electrons. The highest BCUT2D eigenvalue weighted by Crippen LogP contribution is 2.35. The first kappa shape index (κ1) is 26.7. The molecule has 0 bridgehead atoms. The number of likely N-dealkylation sites (tertiary alicyclic amines) is 1. The van der Waals surface area contributed by atoms with Gasteiger partial charge in [0.25, 0.3) is 0 Å². The fourth-order valence-electron chi connectivity index (χ4n) is 3.97. The molecule has 0 radical (unpaired) electrons. The molecular weight excluding hydrogens is 468 g/mol. The molecule has 0 spiro atoms. The maximum absolute atomic E-state index is 12.7. The third-order valence-electron chi connectivity index (χ3n) is 5.59. The molecule has 1 saturated heterocycles. The highest BCUT2D eigenvalue weighted by Gasteiger charge is 2.43. The Balaban J connectivity index is 1.75. The van der Waals surface area contributed by atoms with Crippen LogP contribution in [0, 0.1) is 13.8 Å². The summed E-state index contributed by atoms with van der Waals surface area (Å²) >= 11 is 1.52. The van der Waals surface area contributed by atoms with Crippen LogP contribution in [0.25, 0.3) is 10.6 Å². The van der Waals surface area contributed by atoms with Crippen molar-refractivity contribution in [2.24, 2.45) is 0 Å². The number of esters is 1. The van der Waals surface area contributed by atoms with Crippen LogP contribution in [-0.4, -0.2) is 65.1 Å². The molecule has 2 aromatic rings. The summed E-state index contributed by atoms with van der Waals surface area (Å²) in [5, 5.41) is 13.5. The van der Waals surface area contributed by atoms with Crippen LogP contribution in [0.1, 0.15) is 58.1 Å². The van der Waals surface area contributed by atoms with Crippen LogP contribution in [0.2, 0.25) is 0 Å². The van der Waals surface area contributed by atoms with Gasteiger partial charge in [-0.25, -0.2) is 9.59 Å². The molecule has 1 amide bonds. The van der Waals surface area contributed by atoms with Gasteiger partial charge in [-0.3, -0.25) is 4.90 Å². The van der Waals surface area contributed by atoms with Crippen LogP contribution in [0.4, 0.5) is 9.93 Å². The summed E-state index contributed by atoms with van der Waals surface area (Å²) in [7, 11) is 1.31. The number of nitrogens with zero attached hydrogens (tertiary/aromatic N) is 3. The predicted octanol–water partition coefficient (Wildman–Crippen LogP) is 4.96. The molecule has 1 N–H and O–H groups in total. The largest absolute Gasteiger partial charge is 0.488 e. The minimum atomic E-state index is -0.750. The lowest BCUT2D eigenvalue weighted by Gasteiger charge is -2.27. The van der Waals surface area contributed by atoms with Crippen molar-refractivity contribution in [3.63, 3.8) is 0 Å². The number of aryl methyl sites for hydroxylation is 2. The van der Waals surface area contributed by atoms with Crippen molar-refractivity contribution in [2.45, 2.75) is 78.6 Å². The minimum Gasteiger partial charge on any atom is -0.488 e. The van der Waals surface area contributed by atoms with Crippen LogP contribution in [0.5, 0.6) is 5.75 Å². The van der Waals surface area contributed by atoms with Gasteiger partial charge in [0, 0.05) is 18.5 Å². The summed E-state index contributed by atoms with van der Waals surface area (Å²) in [6.07, 6.45) is 1.61. The third-order valence-corrected chi connectivity index (χ3v) is 6.52. The number of rotatable bonds is 8. The van der Waals surface area contributed by atoms with Crippen molar-refractivity contribution in [3.8, 4) is 16.3 Å². The topological polar surface area (TPSA) is 103 Å². The van der Waals surface area contributed by atoms with Crippen molar-refractivity contribution >= 4 is 28.5 Å². The van der Waals surface area contributed by atoms with Crippen molar-refractivity contribution < 1.29 is 23.8 Å². The van der Waals surface area contributed by atoms with Crippen molar-refractivity contribution in [1.29, 1.82) is 0 Å². The third kappa shape index (κ3) is 6.84. The van der Waals surface area contributed by atoms with Crippen molar-refractivity contribution in [3.05, 3.63) is 23.3 Å². The number of nitrogens with one attached hydrogen (secondary N) is 1. The molecule has 0 saturated carbocycles. The number of ether oxygens (including phenoxy) is 3. The van der Waals surface area contributed by atoms with Crippen LogP contribution in [0.3, 0.4) is 0 Å². The molecule has 0 unspecified atom stereocenters. The number of hydrogen-bond acceptors (Lipinski definition) is 9. The number of carbonyl (C=O) groups is 2. The van der Waals surface area contributed by atoms with E-state index in [-0.39, 0.29) is 12.6 Å². The summed E-state index contributed by atoms with van der Waals surface area (Å²) in [5.74, 6) is 0.254. The van der Waals surface area contributed by atoms with Gasteiger partial charge in [0.1, 0.15) is 28.5 Å². The second-order valence-electron chi connectivity index (χ2n) is 9.78. The number of amides is 1. The van der Waals surface area contributed by atoms with Crippen LogP contribution in [-0.2, 0) is 14.3 Å². The van der Waals surface area contributed by atoms with E-state index in [0.29, 0.717) is 6.42 Å². The Morgan fingerprint density at radius 2 is 1.89 bits per heavy atom. The van der Waals surface area contributed by atoms with E-state index in [0.717, 1.165) is 52.0 Å². The zero-order chi connectivity index (χ0) is 25.8. The SMILES string of the molecule is CCCCNc1nnc(-c2cc(C)c(O[C@H]3C[C@@H](C(=O)OC)N(C(=O)OC(C)(C)C)C3)c(C)c2)s1. The number of hydrogen-bond donors (Lipinski definition) is 1. The molecule has 1 aliphatic heterocycles. The Bertz CT molecular complexity index is 1030. The van der Waals surface area contributed by atoms with E-state index < -0.39 is 23.7 Å². The lowest BCUT2D eigenvalue weighted by Crippen LogP contribution is -2.44. The van der Waals surface area contributed by atoms with E-state index in [1.807, 2.05) is 26.0 Å². The van der Waals surface area contributed by atoms with E-state index in [4.69, 9.17) is 14.2 Å². The van der Waals surface area contributed by atoms with Gasteiger partial charge in [-0.15, -0.1) is 10.2 Å². The smallest absolute Gasteiger partial charge is 0.411 e. The van der Waals surface area contributed by atoms with Gasteiger partial charge < -0.3 is 19.5 Å². The molecule has 3 rings (SSSR count). The number of benzene rings is 1. The quantitative estimate of drug-likeness (QED) is 0.397. The molecule has 9 nitrogen and oxygen atoms in total. The molecule has 10 heteroatoms. The Hall–Kier alpha value is -2.88. The van der Waals surface area contributed by atoms with E-state index in [1.54, 1.807) is 20.8 Å². The van der Waals surface area contributed by atoms with Crippen molar-refractivity contribution in [1.82, 2.24) is 15.1 Å². The molecule has 2 heterocycles. The monoisotopic (exact) mass is 504 g/mol. The normalized spacial score (nSPS) is 17.9.